The number of halogens is 2. The number of carbonyl (C=O) groups is 4. The number of hydrogen-bond donors (Lipinski definition) is 1. The molecule has 0 aromatic heterocycles. The van der Waals surface area contributed by atoms with Gasteiger partial charge in [0.25, 0.3) is 5.91 Å². The van der Waals surface area contributed by atoms with Crippen molar-refractivity contribution in [3.05, 3.63) is 64.7 Å². The van der Waals surface area contributed by atoms with Crippen LogP contribution in [0.25, 0.3) is 0 Å². The fourth-order valence-corrected chi connectivity index (χ4v) is 5.24. The van der Waals surface area contributed by atoms with E-state index in [2.05, 4.69) is 10.2 Å². The van der Waals surface area contributed by atoms with Crippen LogP contribution in [0.15, 0.2) is 42.5 Å². The molecule has 5 rings (SSSR count). The number of Topliss-reactive ketones (excluding diaryl/α,β-unsaturated/α-hetero) is 1. The predicted octanol–water partition coefficient (Wildman–Crippen LogP) is 3.73. The number of hydrogen-bond acceptors (Lipinski definition) is 5. The van der Waals surface area contributed by atoms with E-state index in [1.165, 1.54) is 18.2 Å². The zero-order valence-electron chi connectivity index (χ0n) is 21.4. The number of benzene rings is 2. The molecule has 0 radical (unpaired) electrons. The maximum absolute atomic E-state index is 15.1. The molecule has 7 nitrogen and oxygen atoms in total. The Morgan fingerprint density at radius 3 is 2.62 bits per heavy atom. The molecule has 0 spiro atoms. The second-order valence-corrected chi connectivity index (χ2v) is 9.80. The Bertz CT molecular complexity index is 1310. The molecule has 1 atom stereocenters. The van der Waals surface area contributed by atoms with Gasteiger partial charge in [-0.25, -0.2) is 0 Å². The monoisotopic (exact) mass is 510 g/mol. The highest BCUT2D eigenvalue weighted by Gasteiger charge is 2.41. The lowest BCUT2D eigenvalue weighted by Crippen LogP contribution is -2.52. The molecular formula is C28H29F2N3O4. The quantitative estimate of drug-likeness (QED) is 0.574. The summed E-state index contributed by atoms with van der Waals surface area (Å²) in [4.78, 5) is 52.6. The van der Waals surface area contributed by atoms with Crippen LogP contribution in [0.5, 0.6) is 0 Å². The molecule has 0 bridgehead atoms. The summed E-state index contributed by atoms with van der Waals surface area (Å²) < 4.78 is 38.8. The van der Waals surface area contributed by atoms with Crippen LogP contribution >= 0.6 is 0 Å². The van der Waals surface area contributed by atoms with Gasteiger partial charge in [-0.3, -0.25) is 24.5 Å². The molecule has 194 valence electrons. The van der Waals surface area contributed by atoms with Crippen LogP contribution < -0.4 is 10.2 Å². The molecule has 2 aromatic rings. The molecule has 9 heteroatoms. The van der Waals surface area contributed by atoms with Crippen LogP contribution in [-0.2, 0) is 33.3 Å². The first kappa shape index (κ1) is 23.8. The van der Waals surface area contributed by atoms with Gasteiger partial charge < -0.3 is 9.80 Å². The van der Waals surface area contributed by atoms with Gasteiger partial charge in [-0.1, -0.05) is 24.3 Å². The van der Waals surface area contributed by atoms with E-state index in [1.54, 1.807) is 24.3 Å². The van der Waals surface area contributed by atoms with Crippen LogP contribution in [0.4, 0.5) is 14.5 Å². The lowest BCUT2D eigenvalue weighted by Gasteiger charge is -2.29. The van der Waals surface area contributed by atoms with Crippen LogP contribution in [0.1, 0.15) is 66.9 Å². The summed E-state index contributed by atoms with van der Waals surface area (Å²) >= 11 is 0. The molecule has 3 amide bonds. The molecule has 2 fully saturated rings. The van der Waals surface area contributed by atoms with Gasteiger partial charge >= 0.3 is 5.92 Å². The SMILES string of the molecule is [2H][C@]1(N2Cc3cc(CCC(=O)C(F)(F)c4cccc(N5CCCCC5)c4)ccc3C2=O)CCC(=O)NC1=O. The van der Waals surface area contributed by atoms with Gasteiger partial charge in [0.1, 0.15) is 6.02 Å². The van der Waals surface area contributed by atoms with Gasteiger partial charge in [0.15, 0.2) is 0 Å². The van der Waals surface area contributed by atoms with Gasteiger partial charge in [-0.05, 0) is 61.4 Å². The summed E-state index contributed by atoms with van der Waals surface area (Å²) in [7, 11) is 0. The summed E-state index contributed by atoms with van der Waals surface area (Å²) in [6.07, 6.45) is 2.68. The Balaban J connectivity index is 1.26. The average molecular weight is 511 g/mol. The van der Waals surface area contributed by atoms with E-state index in [-0.39, 0.29) is 37.8 Å². The molecular weight excluding hydrogens is 480 g/mol. The van der Waals surface area contributed by atoms with Gasteiger partial charge in [-0.15, -0.1) is 0 Å². The van der Waals surface area contributed by atoms with Crippen LogP contribution in [0.3, 0.4) is 0 Å². The second kappa shape index (κ2) is 10.0. The topological polar surface area (TPSA) is 86.8 Å². The standard InChI is InChI=1S/C28H29F2N3O4/c29-28(30,20-5-4-6-21(16-20)32-13-2-1-3-14-32)24(34)11-8-18-7-9-22-19(15-18)17-33(27(22)37)23-10-12-25(35)31-26(23)36/h4-7,9,15-16,23H,1-3,8,10-14,17H2,(H,31,35,36)/t23-/m0/s1/i23D. The minimum absolute atomic E-state index is 0.0134. The average Bonchev–Trinajstić information content (AvgIpc) is 3.26. The first-order chi connectivity index (χ1) is 18.1. The number of nitrogens with one attached hydrogen (secondary N) is 1. The molecule has 3 aliphatic heterocycles. The summed E-state index contributed by atoms with van der Waals surface area (Å²) in [5, 5.41) is 2.12. The fourth-order valence-electron chi connectivity index (χ4n) is 5.24. The van der Waals surface area contributed by atoms with E-state index in [1.807, 2.05) is 0 Å². The van der Waals surface area contributed by atoms with Crippen molar-refractivity contribution in [2.75, 3.05) is 18.0 Å². The van der Waals surface area contributed by atoms with Crippen molar-refractivity contribution in [2.24, 2.45) is 0 Å². The van der Waals surface area contributed by atoms with Crippen molar-refractivity contribution in [1.82, 2.24) is 10.2 Å². The molecule has 37 heavy (non-hydrogen) atoms. The summed E-state index contributed by atoms with van der Waals surface area (Å²) in [5.41, 5.74) is 1.86. The molecule has 0 saturated carbocycles. The lowest BCUT2D eigenvalue weighted by molar-refractivity contribution is -0.144. The third-order valence-electron chi connectivity index (χ3n) is 7.32. The van der Waals surface area contributed by atoms with E-state index in [9.17, 15) is 19.2 Å². The highest BCUT2D eigenvalue weighted by atomic mass is 19.3. The number of imide groups is 1. The lowest BCUT2D eigenvalue weighted by atomic mass is 9.97. The Labute approximate surface area is 215 Å². The number of nitrogens with zero attached hydrogens (tertiary/aromatic N) is 2. The van der Waals surface area contributed by atoms with Crippen molar-refractivity contribution < 1.29 is 29.3 Å². The highest BCUT2D eigenvalue weighted by molar-refractivity contribution is 6.05. The van der Waals surface area contributed by atoms with Crippen LogP contribution in [-0.4, -0.2) is 47.5 Å². The van der Waals surface area contributed by atoms with Crippen molar-refractivity contribution >= 4 is 29.2 Å². The van der Waals surface area contributed by atoms with E-state index in [0.29, 0.717) is 22.4 Å². The summed E-state index contributed by atoms with van der Waals surface area (Å²) in [6.45, 7) is 1.61. The molecule has 3 heterocycles. The molecule has 0 aliphatic carbocycles. The normalized spacial score (nSPS) is 22.5. The molecule has 2 aromatic carbocycles. The van der Waals surface area contributed by atoms with E-state index in [4.69, 9.17) is 1.37 Å². The Hall–Kier alpha value is -3.62. The van der Waals surface area contributed by atoms with Crippen molar-refractivity contribution in [3.8, 4) is 0 Å². The smallest absolute Gasteiger partial charge is 0.330 e. The van der Waals surface area contributed by atoms with E-state index in [0.717, 1.165) is 37.3 Å². The molecule has 2 saturated heterocycles. The number of carbonyl (C=O) groups excluding carboxylic acids is 4. The first-order valence-electron chi connectivity index (χ1n) is 13.1. The maximum atomic E-state index is 15.1. The zero-order chi connectivity index (χ0) is 27.1. The van der Waals surface area contributed by atoms with Gasteiger partial charge in [0.05, 0.1) is 1.37 Å². The largest absolute Gasteiger partial charge is 0.372 e. The minimum atomic E-state index is -3.63. The Morgan fingerprint density at radius 1 is 1.08 bits per heavy atom. The van der Waals surface area contributed by atoms with E-state index >= 15 is 8.78 Å². The summed E-state index contributed by atoms with van der Waals surface area (Å²) in [5.74, 6) is -6.63. The zero-order valence-corrected chi connectivity index (χ0v) is 20.4. The molecule has 0 unspecified atom stereocenters. The second-order valence-electron chi connectivity index (χ2n) is 9.80. The van der Waals surface area contributed by atoms with Crippen LogP contribution in [0.2, 0.25) is 0 Å². The van der Waals surface area contributed by atoms with Crippen LogP contribution in [0, 0.1) is 0 Å². The number of aryl methyl sites for hydroxylation is 1. The molecule has 3 aliphatic rings. The third-order valence-corrected chi connectivity index (χ3v) is 7.32. The number of piperidine rings is 2. The first-order valence-corrected chi connectivity index (χ1v) is 12.6. The predicted molar refractivity (Wildman–Crippen MR) is 132 cm³/mol. The van der Waals surface area contributed by atoms with E-state index < -0.39 is 35.4 Å². The fraction of sp³-hybridized carbons (Fsp3) is 0.429. The number of ketones is 1. The third kappa shape index (κ3) is 4.99. The van der Waals surface area contributed by atoms with Crippen molar-refractivity contribution in [1.29, 1.82) is 0 Å². The molecule has 1 N–H and O–H groups in total. The van der Waals surface area contributed by atoms with Gasteiger partial charge in [0, 0.05) is 49.3 Å². The highest BCUT2D eigenvalue weighted by Crippen LogP contribution is 2.34. The summed E-state index contributed by atoms with van der Waals surface area (Å²) in [6, 6.07) is 8.94. The minimum Gasteiger partial charge on any atom is -0.372 e. The van der Waals surface area contributed by atoms with Gasteiger partial charge in [0.2, 0.25) is 17.6 Å². The Morgan fingerprint density at radius 2 is 1.86 bits per heavy atom. The van der Waals surface area contributed by atoms with Crippen molar-refractivity contribution in [3.63, 3.8) is 0 Å². The number of anilines is 1. The maximum Gasteiger partial charge on any atom is 0.330 e. The van der Waals surface area contributed by atoms with Gasteiger partial charge in [-0.2, -0.15) is 8.78 Å². The van der Waals surface area contributed by atoms with Crippen molar-refractivity contribution in [2.45, 2.75) is 63.4 Å². The number of amides is 3. The number of rotatable bonds is 7. The Kier molecular flexibility index (Phi) is 6.44. The number of alkyl halides is 2. The number of fused-ring (bicyclic) bond motifs is 1.